The summed E-state index contributed by atoms with van der Waals surface area (Å²) in [5.41, 5.74) is 6.47. The summed E-state index contributed by atoms with van der Waals surface area (Å²) < 4.78 is 12.0. The van der Waals surface area contributed by atoms with Crippen LogP contribution >= 0.6 is 0 Å². The molecule has 0 saturated heterocycles. The summed E-state index contributed by atoms with van der Waals surface area (Å²) in [4.78, 5) is 12.2. The molecule has 8 heteroatoms. The van der Waals surface area contributed by atoms with Crippen molar-refractivity contribution in [1.29, 1.82) is 0 Å². The number of nitrogens with one attached hydrogen (secondary N) is 1. The van der Waals surface area contributed by atoms with Gasteiger partial charge in [-0.3, -0.25) is 4.79 Å². The molecule has 0 unspecified atom stereocenters. The normalized spacial score (nSPS) is 10.2. The van der Waals surface area contributed by atoms with Gasteiger partial charge >= 0.3 is 0 Å². The van der Waals surface area contributed by atoms with Gasteiger partial charge in [-0.15, -0.1) is 10.2 Å². The number of ether oxygens (including phenoxy) is 2. The lowest BCUT2D eigenvalue weighted by Crippen LogP contribution is -2.25. The van der Waals surface area contributed by atoms with E-state index >= 15 is 0 Å². The topological polar surface area (TPSA) is 104 Å². The lowest BCUT2D eigenvalue weighted by molar-refractivity contribution is 0.0950. The first kappa shape index (κ1) is 14.6. The SMILES string of the molecule is COc1cc(OC)c(N)c(C(=O)NCc2nncn2C)c1. The number of nitrogens with two attached hydrogens (primary N) is 1. The molecule has 0 bridgehead atoms. The Labute approximate surface area is 121 Å². The minimum absolute atomic E-state index is 0.244. The fraction of sp³-hybridized carbons (Fsp3) is 0.308. The Balaban J connectivity index is 2.20. The Morgan fingerprint density at radius 2 is 2.14 bits per heavy atom. The molecular formula is C13H17N5O3. The van der Waals surface area contributed by atoms with Gasteiger partial charge in [0.25, 0.3) is 5.91 Å². The number of benzene rings is 1. The molecule has 1 aromatic carbocycles. The van der Waals surface area contributed by atoms with Crippen molar-refractivity contribution in [3.05, 3.63) is 29.8 Å². The third-order valence-electron chi connectivity index (χ3n) is 3.03. The lowest BCUT2D eigenvalue weighted by atomic mass is 10.1. The molecule has 0 fully saturated rings. The number of nitrogen functional groups attached to an aromatic ring is 1. The van der Waals surface area contributed by atoms with Gasteiger partial charge < -0.3 is 25.1 Å². The van der Waals surface area contributed by atoms with Crippen LogP contribution in [0.5, 0.6) is 11.5 Å². The lowest BCUT2D eigenvalue weighted by Gasteiger charge is -2.12. The number of carbonyl (C=O) groups is 1. The summed E-state index contributed by atoms with van der Waals surface area (Å²) in [6, 6.07) is 3.18. The van der Waals surface area contributed by atoms with Gasteiger partial charge in [0, 0.05) is 13.1 Å². The first-order valence-electron chi connectivity index (χ1n) is 6.19. The Morgan fingerprint density at radius 1 is 1.38 bits per heavy atom. The van der Waals surface area contributed by atoms with E-state index in [0.29, 0.717) is 17.3 Å². The van der Waals surface area contributed by atoms with Crippen molar-refractivity contribution in [2.75, 3.05) is 20.0 Å². The number of nitrogens with zero attached hydrogens (tertiary/aromatic N) is 3. The molecule has 2 aromatic rings. The third-order valence-corrected chi connectivity index (χ3v) is 3.03. The highest BCUT2D eigenvalue weighted by atomic mass is 16.5. The minimum atomic E-state index is -0.340. The average molecular weight is 291 g/mol. The zero-order valence-corrected chi connectivity index (χ0v) is 12.1. The van der Waals surface area contributed by atoms with Crippen LogP contribution in [-0.2, 0) is 13.6 Å². The van der Waals surface area contributed by atoms with E-state index in [1.165, 1.54) is 14.2 Å². The highest BCUT2D eigenvalue weighted by Crippen LogP contribution is 2.30. The van der Waals surface area contributed by atoms with E-state index in [9.17, 15) is 4.79 Å². The van der Waals surface area contributed by atoms with E-state index < -0.39 is 0 Å². The van der Waals surface area contributed by atoms with Crippen LogP contribution in [0.25, 0.3) is 0 Å². The largest absolute Gasteiger partial charge is 0.497 e. The van der Waals surface area contributed by atoms with Crippen molar-refractivity contribution < 1.29 is 14.3 Å². The zero-order valence-electron chi connectivity index (χ0n) is 12.1. The molecule has 0 aliphatic heterocycles. The van der Waals surface area contributed by atoms with Crippen molar-refractivity contribution >= 4 is 11.6 Å². The maximum atomic E-state index is 12.2. The Hall–Kier alpha value is -2.77. The van der Waals surface area contributed by atoms with Crippen molar-refractivity contribution in [3.63, 3.8) is 0 Å². The molecule has 2 rings (SSSR count). The summed E-state index contributed by atoms with van der Waals surface area (Å²) in [7, 11) is 4.78. The number of hydrogen-bond acceptors (Lipinski definition) is 6. The number of rotatable bonds is 5. The van der Waals surface area contributed by atoms with E-state index in [0.717, 1.165) is 0 Å². The minimum Gasteiger partial charge on any atom is -0.497 e. The van der Waals surface area contributed by atoms with Gasteiger partial charge in [0.05, 0.1) is 32.0 Å². The Morgan fingerprint density at radius 3 is 2.71 bits per heavy atom. The Bertz CT molecular complexity index is 653. The van der Waals surface area contributed by atoms with E-state index in [2.05, 4.69) is 15.5 Å². The van der Waals surface area contributed by atoms with Gasteiger partial charge in [0.15, 0.2) is 5.82 Å². The monoisotopic (exact) mass is 291 g/mol. The second-order valence-electron chi connectivity index (χ2n) is 4.33. The van der Waals surface area contributed by atoms with Gasteiger partial charge in [0.1, 0.15) is 17.8 Å². The molecule has 0 aliphatic rings. The molecule has 0 radical (unpaired) electrons. The maximum Gasteiger partial charge on any atom is 0.254 e. The van der Waals surface area contributed by atoms with Gasteiger partial charge in [-0.1, -0.05) is 0 Å². The summed E-state index contributed by atoms with van der Waals surface area (Å²) in [6.07, 6.45) is 1.56. The molecule has 112 valence electrons. The first-order valence-corrected chi connectivity index (χ1v) is 6.19. The number of carbonyl (C=O) groups excluding carboxylic acids is 1. The van der Waals surface area contributed by atoms with Crippen molar-refractivity contribution in [2.45, 2.75) is 6.54 Å². The van der Waals surface area contributed by atoms with E-state index in [1.807, 2.05) is 0 Å². The number of aryl methyl sites for hydroxylation is 1. The molecular weight excluding hydrogens is 274 g/mol. The molecule has 0 saturated carbocycles. The molecule has 0 aliphatic carbocycles. The summed E-state index contributed by atoms with van der Waals surface area (Å²) >= 11 is 0. The van der Waals surface area contributed by atoms with Crippen LogP contribution < -0.4 is 20.5 Å². The molecule has 0 spiro atoms. The molecule has 0 atom stereocenters. The van der Waals surface area contributed by atoms with Crippen molar-refractivity contribution in [3.8, 4) is 11.5 Å². The third kappa shape index (κ3) is 3.04. The maximum absolute atomic E-state index is 12.2. The number of amides is 1. The van der Waals surface area contributed by atoms with Crippen LogP contribution in [-0.4, -0.2) is 34.9 Å². The van der Waals surface area contributed by atoms with Crippen LogP contribution in [0.2, 0.25) is 0 Å². The first-order chi connectivity index (χ1) is 10.1. The van der Waals surface area contributed by atoms with Crippen LogP contribution in [0.4, 0.5) is 5.69 Å². The van der Waals surface area contributed by atoms with E-state index in [4.69, 9.17) is 15.2 Å². The van der Waals surface area contributed by atoms with Gasteiger partial charge in [-0.2, -0.15) is 0 Å². The van der Waals surface area contributed by atoms with E-state index in [1.54, 1.807) is 30.1 Å². The summed E-state index contributed by atoms with van der Waals surface area (Å²) in [5, 5.41) is 10.4. The van der Waals surface area contributed by atoms with Gasteiger partial charge in [0.2, 0.25) is 0 Å². The highest BCUT2D eigenvalue weighted by molar-refractivity contribution is 6.00. The standard InChI is InChI=1S/C13H17N5O3/c1-18-7-16-17-11(18)6-15-13(19)9-4-8(20-2)5-10(21-3)12(9)14/h4-5,7H,6,14H2,1-3H3,(H,15,19). The van der Waals surface area contributed by atoms with Crippen LogP contribution in [0.3, 0.4) is 0 Å². The zero-order chi connectivity index (χ0) is 15.4. The smallest absolute Gasteiger partial charge is 0.254 e. The van der Waals surface area contributed by atoms with Crippen LogP contribution in [0.15, 0.2) is 18.5 Å². The molecule has 3 N–H and O–H groups in total. The molecule has 1 amide bonds. The molecule has 8 nitrogen and oxygen atoms in total. The Kier molecular flexibility index (Phi) is 4.27. The fourth-order valence-electron chi connectivity index (χ4n) is 1.80. The highest BCUT2D eigenvalue weighted by Gasteiger charge is 2.16. The average Bonchev–Trinajstić information content (AvgIpc) is 2.90. The van der Waals surface area contributed by atoms with E-state index in [-0.39, 0.29) is 23.7 Å². The van der Waals surface area contributed by atoms with Crippen molar-refractivity contribution in [2.24, 2.45) is 7.05 Å². The molecule has 21 heavy (non-hydrogen) atoms. The second-order valence-corrected chi connectivity index (χ2v) is 4.33. The number of methoxy groups -OCH3 is 2. The number of hydrogen-bond donors (Lipinski definition) is 2. The van der Waals surface area contributed by atoms with Gasteiger partial charge in [-0.25, -0.2) is 0 Å². The predicted molar refractivity (Wildman–Crippen MR) is 76.1 cm³/mol. The second kappa shape index (κ2) is 6.12. The number of anilines is 1. The molecule has 1 aromatic heterocycles. The van der Waals surface area contributed by atoms with Gasteiger partial charge in [-0.05, 0) is 6.07 Å². The fourth-order valence-corrected chi connectivity index (χ4v) is 1.80. The number of aromatic nitrogens is 3. The summed E-state index contributed by atoms with van der Waals surface area (Å²) in [5.74, 6) is 1.17. The molecule has 1 heterocycles. The quantitative estimate of drug-likeness (QED) is 0.770. The van der Waals surface area contributed by atoms with Crippen LogP contribution in [0.1, 0.15) is 16.2 Å². The predicted octanol–water partition coefficient (Wildman–Crippen LogP) is 0.344. The summed E-state index contributed by atoms with van der Waals surface area (Å²) in [6.45, 7) is 0.244. The van der Waals surface area contributed by atoms with Crippen molar-refractivity contribution in [1.82, 2.24) is 20.1 Å². The van der Waals surface area contributed by atoms with Crippen LogP contribution in [0, 0.1) is 0 Å².